The number of hydrogen-bond acceptors (Lipinski definition) is 2. The third kappa shape index (κ3) is 4.60. The molecule has 30 valence electrons. The first-order chi connectivity index (χ1) is 2.27. The van der Waals surface area contributed by atoms with Crippen LogP contribution in [0.4, 0.5) is 0 Å². The SMILES string of the molecule is C[O][Zr](=[O])[OH]. The summed E-state index contributed by atoms with van der Waals surface area (Å²) in [6, 6.07) is 0. The topological polar surface area (TPSA) is 46.5 Å². The molecule has 0 atom stereocenters. The monoisotopic (exact) mass is 154 g/mol. The molecule has 0 saturated heterocycles. The van der Waals surface area contributed by atoms with Crippen LogP contribution in [-0.2, 0) is 28.3 Å². The van der Waals surface area contributed by atoms with Crippen LogP contribution in [-0.4, -0.2) is 10.3 Å². The Hall–Kier alpha value is 0.603. The van der Waals surface area contributed by atoms with Gasteiger partial charge < -0.3 is 0 Å². The summed E-state index contributed by atoms with van der Waals surface area (Å²) in [5.41, 5.74) is 0. The molecule has 0 aromatic heterocycles. The fourth-order valence-corrected chi connectivity index (χ4v) is 0. The second-order valence-electron chi connectivity index (χ2n) is 0.470. The van der Waals surface area contributed by atoms with Crippen molar-refractivity contribution >= 4 is 0 Å². The van der Waals surface area contributed by atoms with Gasteiger partial charge in [-0.05, 0) is 0 Å². The van der Waals surface area contributed by atoms with E-state index in [0.29, 0.717) is 0 Å². The van der Waals surface area contributed by atoms with E-state index in [1.807, 2.05) is 0 Å². The number of rotatable bonds is 1. The van der Waals surface area contributed by atoms with Gasteiger partial charge in [-0.15, -0.1) is 0 Å². The molecule has 0 aliphatic heterocycles. The standard InChI is InChI=1S/CH3O.H2O.O.Zr/c1-2;;;/h1H3;1H2;;/q-1;;;+2/p-1. The first-order valence-corrected chi connectivity index (χ1v) is 4.15. The molecule has 0 heterocycles. The minimum atomic E-state index is -3.33. The maximum atomic E-state index is 9.43. The van der Waals surface area contributed by atoms with Gasteiger partial charge in [0.2, 0.25) is 0 Å². The zero-order valence-corrected chi connectivity index (χ0v) is 5.22. The molecule has 0 aliphatic rings. The zero-order chi connectivity index (χ0) is 4.28. The van der Waals surface area contributed by atoms with E-state index in [2.05, 4.69) is 2.81 Å². The molecule has 5 heavy (non-hydrogen) atoms. The van der Waals surface area contributed by atoms with Gasteiger partial charge in [0.05, 0.1) is 0 Å². The molecule has 0 radical (unpaired) electrons. The molecule has 0 bridgehead atoms. The molecule has 0 fully saturated rings. The Morgan fingerprint density at radius 1 is 2.00 bits per heavy atom. The van der Waals surface area contributed by atoms with Crippen LogP contribution in [0.15, 0.2) is 0 Å². The van der Waals surface area contributed by atoms with E-state index in [4.69, 9.17) is 3.18 Å². The third-order valence-corrected chi connectivity index (χ3v) is 1.03. The molecule has 0 unspecified atom stereocenters. The quantitative estimate of drug-likeness (QED) is 0.551. The summed E-state index contributed by atoms with van der Waals surface area (Å²) in [4.78, 5) is 0. The average Bonchev–Trinajstić information content (AvgIpc) is 1.38. The Balaban J connectivity index is 2.85. The van der Waals surface area contributed by atoms with Gasteiger partial charge in [0.1, 0.15) is 0 Å². The van der Waals surface area contributed by atoms with Gasteiger partial charge in [0.15, 0.2) is 0 Å². The summed E-state index contributed by atoms with van der Waals surface area (Å²) in [6.07, 6.45) is 0. The van der Waals surface area contributed by atoms with E-state index in [1.54, 1.807) is 0 Å². The summed E-state index contributed by atoms with van der Waals surface area (Å²) in [5.74, 6) is 0. The van der Waals surface area contributed by atoms with Crippen molar-refractivity contribution in [2.75, 3.05) is 7.11 Å². The van der Waals surface area contributed by atoms with Crippen molar-refractivity contribution in [2.24, 2.45) is 0 Å². The summed E-state index contributed by atoms with van der Waals surface area (Å²) >= 11 is -3.33. The minimum absolute atomic E-state index is 1.22. The van der Waals surface area contributed by atoms with Crippen molar-refractivity contribution in [2.45, 2.75) is 0 Å². The van der Waals surface area contributed by atoms with Crippen molar-refractivity contribution in [3.8, 4) is 0 Å². The molecule has 0 aliphatic carbocycles. The molecule has 0 amide bonds. The molecule has 4 heteroatoms. The van der Waals surface area contributed by atoms with Crippen LogP contribution in [0.1, 0.15) is 0 Å². The second-order valence-corrected chi connectivity index (χ2v) is 2.78. The average molecular weight is 155 g/mol. The third-order valence-electron chi connectivity index (χ3n) is 0.175. The molecule has 0 rings (SSSR count). The van der Waals surface area contributed by atoms with Crippen LogP contribution in [0.3, 0.4) is 0 Å². The van der Waals surface area contributed by atoms with Gasteiger partial charge in [0, 0.05) is 0 Å². The zero-order valence-electron chi connectivity index (χ0n) is 2.76. The van der Waals surface area contributed by atoms with Crippen molar-refractivity contribution in [1.82, 2.24) is 0 Å². The Bertz CT molecular complexity index is 42.2. The van der Waals surface area contributed by atoms with Gasteiger partial charge in [0.25, 0.3) is 0 Å². The molecular formula is CH4O3Zr. The number of hydrogen-bond donors (Lipinski definition) is 1. The fourth-order valence-electron chi connectivity index (χ4n) is 0. The summed E-state index contributed by atoms with van der Waals surface area (Å²) in [6.45, 7) is 0. The van der Waals surface area contributed by atoms with Crippen LogP contribution in [0.25, 0.3) is 0 Å². The van der Waals surface area contributed by atoms with Crippen LogP contribution in [0, 0.1) is 0 Å². The molecule has 0 aromatic carbocycles. The summed E-state index contributed by atoms with van der Waals surface area (Å²) < 4.78 is 21.2. The molecule has 0 saturated carbocycles. The van der Waals surface area contributed by atoms with E-state index in [1.165, 1.54) is 7.11 Å². The van der Waals surface area contributed by atoms with Crippen molar-refractivity contribution < 1.29 is 31.4 Å². The summed E-state index contributed by atoms with van der Waals surface area (Å²) in [7, 11) is 1.22. The molecule has 3 nitrogen and oxygen atoms in total. The van der Waals surface area contributed by atoms with E-state index in [-0.39, 0.29) is 0 Å². The van der Waals surface area contributed by atoms with Gasteiger partial charge in [-0.2, -0.15) is 0 Å². The van der Waals surface area contributed by atoms with E-state index < -0.39 is 22.6 Å². The van der Waals surface area contributed by atoms with Crippen molar-refractivity contribution in [3.63, 3.8) is 0 Å². The fraction of sp³-hybridized carbons (Fsp3) is 1.00. The Morgan fingerprint density at radius 3 is 2.20 bits per heavy atom. The Morgan fingerprint density at radius 2 is 2.20 bits per heavy atom. The van der Waals surface area contributed by atoms with E-state index in [0.717, 1.165) is 0 Å². The van der Waals surface area contributed by atoms with Gasteiger partial charge in [-0.25, -0.2) is 0 Å². The predicted octanol–water partition coefficient (Wildman–Crippen LogP) is -0.581. The molecular weight excluding hydrogens is 151 g/mol. The van der Waals surface area contributed by atoms with Crippen LogP contribution in [0.5, 0.6) is 0 Å². The summed E-state index contributed by atoms with van der Waals surface area (Å²) in [5, 5.41) is 0. The van der Waals surface area contributed by atoms with E-state index in [9.17, 15) is 2.81 Å². The van der Waals surface area contributed by atoms with Gasteiger partial charge in [-0.1, -0.05) is 0 Å². The molecule has 0 aromatic rings. The second kappa shape index (κ2) is 2.82. The molecule has 0 spiro atoms. The predicted molar refractivity (Wildman–Crippen MR) is 9.91 cm³/mol. The Labute approximate surface area is 38.9 Å². The van der Waals surface area contributed by atoms with Gasteiger partial charge in [-0.3, -0.25) is 0 Å². The van der Waals surface area contributed by atoms with E-state index >= 15 is 0 Å². The van der Waals surface area contributed by atoms with Crippen molar-refractivity contribution in [1.29, 1.82) is 0 Å². The van der Waals surface area contributed by atoms with Crippen LogP contribution >= 0.6 is 0 Å². The van der Waals surface area contributed by atoms with Crippen LogP contribution < -0.4 is 0 Å². The van der Waals surface area contributed by atoms with Crippen molar-refractivity contribution in [3.05, 3.63) is 0 Å². The first-order valence-electron chi connectivity index (χ1n) is 1.04. The van der Waals surface area contributed by atoms with Crippen LogP contribution in [0.2, 0.25) is 0 Å². The maximum absolute atomic E-state index is 9.43. The first kappa shape index (κ1) is 5.60. The molecule has 1 N–H and O–H groups in total. The van der Waals surface area contributed by atoms with Gasteiger partial charge >= 0.3 is 38.6 Å². The normalized spacial score (nSPS) is 7.60. The Kier molecular flexibility index (Phi) is 3.16.